The molecule has 1 N–H and O–H groups in total. The average Bonchev–Trinajstić information content (AvgIpc) is 3.33. The van der Waals surface area contributed by atoms with Crippen LogP contribution in [-0.4, -0.2) is 39.3 Å². The van der Waals surface area contributed by atoms with Crippen LogP contribution >= 0.6 is 23.1 Å². The van der Waals surface area contributed by atoms with Crippen molar-refractivity contribution >= 4 is 34.8 Å². The Kier molecular flexibility index (Phi) is 6.25. The van der Waals surface area contributed by atoms with Crippen molar-refractivity contribution in [2.24, 2.45) is 0 Å². The van der Waals surface area contributed by atoms with E-state index in [2.05, 4.69) is 15.5 Å². The molecule has 0 fully saturated rings. The normalized spacial score (nSPS) is 10.6. The number of methoxy groups -OCH3 is 1. The zero-order chi connectivity index (χ0) is 19.2. The lowest BCUT2D eigenvalue weighted by Gasteiger charge is -2.10. The fraction of sp³-hybridized carbons (Fsp3) is 0.222. The number of Topliss-reactive ketones (excluding diaryl/α,β-unsaturated/α-hetero) is 1. The van der Waals surface area contributed by atoms with E-state index >= 15 is 0 Å². The predicted octanol–water partition coefficient (Wildman–Crippen LogP) is 2.95. The number of amides is 1. The van der Waals surface area contributed by atoms with Gasteiger partial charge in [0.15, 0.2) is 10.9 Å². The van der Waals surface area contributed by atoms with Crippen LogP contribution in [0.25, 0.3) is 5.69 Å². The molecule has 1 aromatic carbocycles. The molecule has 3 rings (SSSR count). The third-order valence-corrected chi connectivity index (χ3v) is 5.71. The first-order valence-corrected chi connectivity index (χ1v) is 9.91. The van der Waals surface area contributed by atoms with Crippen molar-refractivity contribution in [3.05, 3.63) is 52.5 Å². The van der Waals surface area contributed by atoms with Gasteiger partial charge in [-0.25, -0.2) is 0 Å². The molecule has 2 heterocycles. The van der Waals surface area contributed by atoms with Crippen LogP contribution in [0, 0.1) is 0 Å². The molecule has 0 atom stereocenters. The van der Waals surface area contributed by atoms with E-state index in [0.717, 1.165) is 10.6 Å². The van der Waals surface area contributed by atoms with Gasteiger partial charge in [0.05, 0.1) is 30.0 Å². The number of thioether (sulfide) groups is 1. The minimum Gasteiger partial charge on any atom is -0.495 e. The van der Waals surface area contributed by atoms with E-state index < -0.39 is 0 Å². The molecule has 0 aliphatic carbocycles. The molecule has 2 aromatic heterocycles. The number of ether oxygens (including phenoxy) is 1. The van der Waals surface area contributed by atoms with Crippen LogP contribution in [0.5, 0.6) is 5.75 Å². The first kappa shape index (κ1) is 19.1. The fourth-order valence-corrected chi connectivity index (χ4v) is 4.13. The monoisotopic (exact) mass is 402 g/mol. The summed E-state index contributed by atoms with van der Waals surface area (Å²) in [5, 5.41) is 11.4. The number of rotatable bonds is 8. The summed E-state index contributed by atoms with van der Waals surface area (Å²) in [6.45, 7) is 1.90. The molecular formula is C18H18N4O3S2. The van der Waals surface area contributed by atoms with Crippen LogP contribution < -0.4 is 10.1 Å². The molecule has 0 aliphatic heterocycles. The number of carbonyl (C=O) groups is 2. The number of ketones is 1. The summed E-state index contributed by atoms with van der Waals surface area (Å²) in [5.74, 6) is 0.857. The maximum Gasteiger partial charge on any atom is 0.217 e. The van der Waals surface area contributed by atoms with Crippen molar-refractivity contribution < 1.29 is 14.3 Å². The van der Waals surface area contributed by atoms with Crippen molar-refractivity contribution in [2.45, 2.75) is 18.6 Å². The zero-order valence-electron chi connectivity index (χ0n) is 14.8. The minimum atomic E-state index is -0.0949. The summed E-state index contributed by atoms with van der Waals surface area (Å²) in [6, 6.07) is 11.2. The van der Waals surface area contributed by atoms with Crippen LogP contribution in [0.2, 0.25) is 0 Å². The second-order valence-corrected chi connectivity index (χ2v) is 7.65. The molecule has 27 heavy (non-hydrogen) atoms. The third-order valence-electron chi connectivity index (χ3n) is 3.64. The SMILES string of the molecule is COc1ccccc1-n1cnnc1SCC(=O)c1ccc(CNC(C)=O)s1. The Balaban J connectivity index is 1.67. The van der Waals surface area contributed by atoms with Gasteiger partial charge >= 0.3 is 0 Å². The number of hydrogen-bond donors (Lipinski definition) is 1. The maximum atomic E-state index is 12.5. The highest BCUT2D eigenvalue weighted by Gasteiger charge is 2.15. The van der Waals surface area contributed by atoms with Gasteiger partial charge in [0.2, 0.25) is 5.91 Å². The maximum absolute atomic E-state index is 12.5. The molecule has 0 aliphatic rings. The highest BCUT2D eigenvalue weighted by molar-refractivity contribution is 7.99. The minimum absolute atomic E-state index is 0.00801. The molecule has 140 valence electrons. The van der Waals surface area contributed by atoms with Crippen molar-refractivity contribution in [3.8, 4) is 11.4 Å². The number of thiophene rings is 1. The van der Waals surface area contributed by atoms with E-state index in [4.69, 9.17) is 4.74 Å². The first-order chi connectivity index (χ1) is 13.1. The van der Waals surface area contributed by atoms with Gasteiger partial charge in [0.1, 0.15) is 12.1 Å². The number of benzene rings is 1. The first-order valence-electron chi connectivity index (χ1n) is 8.11. The molecule has 7 nitrogen and oxygen atoms in total. The van der Waals surface area contributed by atoms with Crippen molar-refractivity contribution in [3.63, 3.8) is 0 Å². The molecule has 9 heteroatoms. The summed E-state index contributed by atoms with van der Waals surface area (Å²) >= 11 is 2.71. The number of aromatic nitrogens is 3. The fourth-order valence-electron chi connectivity index (χ4n) is 2.35. The topological polar surface area (TPSA) is 86.1 Å². The molecule has 0 unspecified atom stereocenters. The molecule has 0 saturated carbocycles. The highest BCUT2D eigenvalue weighted by Crippen LogP contribution is 2.27. The second-order valence-electron chi connectivity index (χ2n) is 5.54. The molecule has 0 radical (unpaired) electrons. The van der Waals surface area contributed by atoms with Gasteiger partial charge in [-0.05, 0) is 24.3 Å². The van der Waals surface area contributed by atoms with Crippen LogP contribution in [0.4, 0.5) is 0 Å². The highest BCUT2D eigenvalue weighted by atomic mass is 32.2. The van der Waals surface area contributed by atoms with Crippen molar-refractivity contribution in [1.29, 1.82) is 0 Å². The van der Waals surface area contributed by atoms with E-state index in [1.165, 1.54) is 30.0 Å². The van der Waals surface area contributed by atoms with Crippen molar-refractivity contribution in [2.75, 3.05) is 12.9 Å². The lowest BCUT2D eigenvalue weighted by molar-refractivity contribution is -0.119. The standard InChI is InChI=1S/C18H18N4O3S2/c1-12(23)19-9-13-7-8-17(27-13)15(24)10-26-18-21-20-11-22(18)14-5-3-4-6-16(14)25-2/h3-8,11H,9-10H2,1-2H3,(H,19,23). The van der Waals surface area contributed by atoms with Gasteiger partial charge in [-0.15, -0.1) is 21.5 Å². The van der Waals surface area contributed by atoms with E-state index in [-0.39, 0.29) is 17.4 Å². The number of nitrogens with zero attached hydrogens (tertiary/aromatic N) is 3. The Hall–Kier alpha value is -2.65. The van der Waals surface area contributed by atoms with Gasteiger partial charge in [-0.1, -0.05) is 23.9 Å². The van der Waals surface area contributed by atoms with E-state index in [1.807, 2.05) is 30.3 Å². The summed E-state index contributed by atoms with van der Waals surface area (Å²) in [7, 11) is 1.61. The number of carbonyl (C=O) groups excluding carboxylic acids is 2. The zero-order valence-corrected chi connectivity index (χ0v) is 16.5. The Morgan fingerprint density at radius 3 is 2.85 bits per heavy atom. The van der Waals surface area contributed by atoms with Gasteiger partial charge in [0.25, 0.3) is 0 Å². The van der Waals surface area contributed by atoms with Gasteiger partial charge in [-0.3, -0.25) is 14.2 Å². The largest absolute Gasteiger partial charge is 0.495 e. The van der Waals surface area contributed by atoms with E-state index in [0.29, 0.717) is 22.3 Å². The number of para-hydroxylation sites is 2. The lowest BCUT2D eigenvalue weighted by Crippen LogP contribution is -2.18. The van der Waals surface area contributed by atoms with Crippen LogP contribution in [0.3, 0.4) is 0 Å². The summed E-state index contributed by atoms with van der Waals surface area (Å²) in [5.41, 5.74) is 0.814. The molecular weight excluding hydrogens is 384 g/mol. The Morgan fingerprint density at radius 2 is 2.07 bits per heavy atom. The Morgan fingerprint density at radius 1 is 1.26 bits per heavy atom. The molecule has 0 saturated heterocycles. The van der Waals surface area contributed by atoms with Crippen molar-refractivity contribution in [1.82, 2.24) is 20.1 Å². The molecule has 1 amide bonds. The van der Waals surface area contributed by atoms with Gasteiger partial charge in [0, 0.05) is 11.8 Å². The van der Waals surface area contributed by atoms with Crippen LogP contribution in [-0.2, 0) is 11.3 Å². The van der Waals surface area contributed by atoms with Gasteiger partial charge in [-0.2, -0.15) is 0 Å². The number of hydrogen-bond acceptors (Lipinski definition) is 7. The number of nitrogens with one attached hydrogen (secondary N) is 1. The Labute approximate surface area is 164 Å². The smallest absolute Gasteiger partial charge is 0.217 e. The quantitative estimate of drug-likeness (QED) is 0.461. The summed E-state index contributed by atoms with van der Waals surface area (Å²) in [4.78, 5) is 25.1. The van der Waals surface area contributed by atoms with Crippen LogP contribution in [0.15, 0.2) is 47.9 Å². The third kappa shape index (κ3) is 4.75. The van der Waals surface area contributed by atoms with E-state index in [1.54, 1.807) is 24.1 Å². The Bertz CT molecular complexity index is 951. The average molecular weight is 403 g/mol. The summed E-state index contributed by atoms with van der Waals surface area (Å²) in [6.07, 6.45) is 1.60. The van der Waals surface area contributed by atoms with E-state index in [9.17, 15) is 9.59 Å². The second kappa shape index (κ2) is 8.83. The molecule has 3 aromatic rings. The predicted molar refractivity (Wildman–Crippen MR) is 105 cm³/mol. The summed E-state index contributed by atoms with van der Waals surface area (Å²) < 4.78 is 7.18. The molecule has 0 spiro atoms. The van der Waals surface area contributed by atoms with Gasteiger partial charge < -0.3 is 10.1 Å². The lowest BCUT2D eigenvalue weighted by atomic mass is 10.3. The van der Waals surface area contributed by atoms with Crippen LogP contribution in [0.1, 0.15) is 21.5 Å². The molecule has 0 bridgehead atoms.